The van der Waals surface area contributed by atoms with Crippen molar-refractivity contribution >= 4 is 44.0 Å². The fraction of sp³-hybridized carbons (Fsp3) is 0.0698. The molecule has 1 aliphatic rings. The van der Waals surface area contributed by atoms with Gasteiger partial charge in [-0.15, -0.1) is 0 Å². The van der Waals surface area contributed by atoms with Crippen LogP contribution in [0.15, 0.2) is 152 Å². The topological polar surface area (TPSA) is 17.0 Å². The zero-order chi connectivity index (χ0) is 30.1. The number of hydrogen-bond acceptors (Lipinski definition) is 1. The first-order chi connectivity index (χ1) is 22.1. The van der Waals surface area contributed by atoms with Gasteiger partial charge in [0.15, 0.2) is 0 Å². The van der Waals surface area contributed by atoms with Crippen LogP contribution in [0.25, 0.3) is 60.5 Å². The molecule has 9 rings (SSSR count). The summed E-state index contributed by atoms with van der Waals surface area (Å²) in [7, 11) is 0. The number of benzene rings is 7. The van der Waals surface area contributed by atoms with Crippen LogP contribution in [0, 0.1) is 0 Å². The number of hydrogen-bond donors (Lipinski definition) is 1. The van der Waals surface area contributed by atoms with Crippen LogP contribution in [-0.2, 0) is 5.41 Å². The molecule has 0 amide bonds. The van der Waals surface area contributed by atoms with E-state index in [2.05, 4.69) is 175 Å². The summed E-state index contributed by atoms with van der Waals surface area (Å²) in [5, 5.41) is 8.83. The van der Waals surface area contributed by atoms with Crippen LogP contribution in [-0.4, -0.2) is 4.57 Å². The minimum Gasteiger partial charge on any atom is -0.355 e. The molecule has 214 valence electrons. The summed E-state index contributed by atoms with van der Waals surface area (Å²) >= 11 is 0. The fourth-order valence-electron chi connectivity index (χ4n) is 7.61. The summed E-state index contributed by atoms with van der Waals surface area (Å²) in [4.78, 5) is 0. The summed E-state index contributed by atoms with van der Waals surface area (Å²) in [6.07, 6.45) is 0. The quantitative estimate of drug-likeness (QED) is 0.220. The highest BCUT2D eigenvalue weighted by atomic mass is 15.0. The van der Waals surface area contributed by atoms with Crippen LogP contribution in [0.2, 0.25) is 0 Å². The van der Waals surface area contributed by atoms with Gasteiger partial charge < -0.3 is 9.88 Å². The van der Waals surface area contributed by atoms with Gasteiger partial charge in [0.1, 0.15) is 0 Å². The molecule has 0 bridgehead atoms. The summed E-state index contributed by atoms with van der Waals surface area (Å²) in [6, 6.07) is 55.2. The van der Waals surface area contributed by atoms with Crippen LogP contribution in [0.1, 0.15) is 25.0 Å². The largest absolute Gasteiger partial charge is 0.355 e. The molecule has 45 heavy (non-hydrogen) atoms. The zero-order valence-corrected chi connectivity index (χ0v) is 25.4. The van der Waals surface area contributed by atoms with Crippen molar-refractivity contribution in [3.63, 3.8) is 0 Å². The van der Waals surface area contributed by atoms with Gasteiger partial charge in [0.05, 0.1) is 16.7 Å². The Kier molecular flexibility index (Phi) is 5.58. The molecule has 1 aromatic heterocycles. The van der Waals surface area contributed by atoms with E-state index in [1.807, 2.05) is 0 Å². The monoisotopic (exact) mass is 576 g/mol. The second kappa shape index (κ2) is 9.70. The Labute approximate surface area is 263 Å². The van der Waals surface area contributed by atoms with Crippen molar-refractivity contribution in [1.29, 1.82) is 0 Å². The van der Waals surface area contributed by atoms with Gasteiger partial charge >= 0.3 is 0 Å². The first-order valence-corrected chi connectivity index (χ1v) is 15.7. The van der Waals surface area contributed by atoms with Gasteiger partial charge in [-0.2, -0.15) is 0 Å². The Balaban J connectivity index is 1.20. The van der Waals surface area contributed by atoms with Gasteiger partial charge in [0, 0.05) is 38.5 Å². The molecular weight excluding hydrogens is 544 g/mol. The molecular formula is C43H32N2. The van der Waals surface area contributed by atoms with E-state index in [9.17, 15) is 0 Å². The van der Waals surface area contributed by atoms with E-state index < -0.39 is 0 Å². The van der Waals surface area contributed by atoms with Gasteiger partial charge in [0.2, 0.25) is 0 Å². The normalized spacial score (nSPS) is 13.3. The first kappa shape index (κ1) is 25.9. The van der Waals surface area contributed by atoms with Gasteiger partial charge in [-0.05, 0) is 75.7 Å². The highest BCUT2D eigenvalue weighted by Gasteiger charge is 2.36. The lowest BCUT2D eigenvalue weighted by Crippen LogP contribution is -2.14. The third kappa shape index (κ3) is 3.89. The van der Waals surface area contributed by atoms with Crippen LogP contribution in [0.3, 0.4) is 0 Å². The molecule has 0 saturated carbocycles. The van der Waals surface area contributed by atoms with E-state index in [0.717, 1.165) is 11.4 Å². The maximum absolute atomic E-state index is 3.82. The summed E-state index contributed by atoms with van der Waals surface area (Å²) in [6.45, 7) is 4.66. The Hall–Kier alpha value is -5.60. The molecule has 1 aliphatic carbocycles. The lowest BCUT2D eigenvalue weighted by molar-refractivity contribution is 0.660. The van der Waals surface area contributed by atoms with Crippen molar-refractivity contribution < 1.29 is 0 Å². The summed E-state index contributed by atoms with van der Waals surface area (Å²) in [5.41, 5.74) is 13.6. The molecule has 1 heterocycles. The number of anilines is 2. The van der Waals surface area contributed by atoms with Crippen LogP contribution in [0.5, 0.6) is 0 Å². The third-order valence-corrected chi connectivity index (χ3v) is 9.74. The Morgan fingerprint density at radius 1 is 0.511 bits per heavy atom. The highest BCUT2D eigenvalue weighted by Crippen LogP contribution is 2.51. The van der Waals surface area contributed by atoms with Crippen molar-refractivity contribution in [2.75, 3.05) is 5.32 Å². The summed E-state index contributed by atoms with van der Waals surface area (Å²) < 4.78 is 2.44. The van der Waals surface area contributed by atoms with Crippen molar-refractivity contribution in [2.45, 2.75) is 19.3 Å². The molecule has 0 spiro atoms. The van der Waals surface area contributed by atoms with Crippen molar-refractivity contribution in [2.24, 2.45) is 0 Å². The Bertz CT molecular complexity index is 2390. The predicted octanol–water partition coefficient (Wildman–Crippen LogP) is 11.7. The Morgan fingerprint density at radius 2 is 1.16 bits per heavy atom. The third-order valence-electron chi connectivity index (χ3n) is 9.74. The number of aromatic nitrogens is 1. The number of nitrogens with one attached hydrogen (secondary N) is 1. The second-order valence-corrected chi connectivity index (χ2v) is 12.7. The molecule has 2 heteroatoms. The lowest BCUT2D eigenvalue weighted by atomic mass is 9.82. The van der Waals surface area contributed by atoms with E-state index in [4.69, 9.17) is 0 Å². The minimum absolute atomic E-state index is 0.0280. The SMILES string of the molecule is CC1(C)c2ccccc2-c2c(Nc3cccc(-c4cc(-n5c6ccccc6c6ccccc65)c5ccccc5c4)c3)cccc21. The fourth-order valence-corrected chi connectivity index (χ4v) is 7.61. The molecule has 8 aromatic rings. The van der Waals surface area contributed by atoms with E-state index >= 15 is 0 Å². The average Bonchev–Trinajstić information content (AvgIpc) is 3.54. The van der Waals surface area contributed by atoms with E-state index in [0.29, 0.717) is 0 Å². The van der Waals surface area contributed by atoms with Crippen LogP contribution in [0.4, 0.5) is 11.4 Å². The number of rotatable bonds is 4. The average molecular weight is 577 g/mol. The lowest BCUT2D eigenvalue weighted by Gasteiger charge is -2.21. The first-order valence-electron chi connectivity index (χ1n) is 15.7. The molecule has 0 unspecified atom stereocenters. The zero-order valence-electron chi connectivity index (χ0n) is 25.4. The van der Waals surface area contributed by atoms with Gasteiger partial charge in [-0.25, -0.2) is 0 Å². The molecule has 2 nitrogen and oxygen atoms in total. The van der Waals surface area contributed by atoms with E-state index in [1.54, 1.807) is 0 Å². The van der Waals surface area contributed by atoms with Crippen LogP contribution >= 0.6 is 0 Å². The molecule has 7 aromatic carbocycles. The minimum atomic E-state index is -0.0280. The maximum atomic E-state index is 3.82. The maximum Gasteiger partial charge on any atom is 0.0546 e. The van der Waals surface area contributed by atoms with Crippen molar-refractivity contribution in [3.8, 4) is 27.9 Å². The molecule has 1 N–H and O–H groups in total. The standard InChI is InChI=1S/C43H32N2/c1-43(2)36-20-8-5-19-35(36)42-37(43)21-12-22-38(42)44-31-15-11-14-28(26-31)30-25-29-13-3-4-16-32(29)41(27-30)45-39-23-9-6-17-33(39)34-18-7-10-24-40(34)45/h3-27,44H,1-2H3. The predicted molar refractivity (Wildman–Crippen MR) is 191 cm³/mol. The molecule has 0 saturated heterocycles. The van der Waals surface area contributed by atoms with Crippen molar-refractivity contribution in [3.05, 3.63) is 163 Å². The van der Waals surface area contributed by atoms with Gasteiger partial charge in [0.25, 0.3) is 0 Å². The molecule has 0 aliphatic heterocycles. The smallest absolute Gasteiger partial charge is 0.0546 e. The summed E-state index contributed by atoms with van der Waals surface area (Å²) in [5.74, 6) is 0. The molecule has 0 atom stereocenters. The number of para-hydroxylation sites is 2. The number of fused-ring (bicyclic) bond motifs is 7. The van der Waals surface area contributed by atoms with Crippen molar-refractivity contribution in [1.82, 2.24) is 4.57 Å². The highest BCUT2D eigenvalue weighted by molar-refractivity contribution is 6.11. The van der Waals surface area contributed by atoms with E-state index in [-0.39, 0.29) is 5.41 Å². The van der Waals surface area contributed by atoms with Crippen LogP contribution < -0.4 is 5.32 Å². The van der Waals surface area contributed by atoms with E-state index in [1.165, 1.54) is 71.6 Å². The molecule has 0 fully saturated rings. The van der Waals surface area contributed by atoms with Gasteiger partial charge in [-0.1, -0.05) is 123 Å². The van der Waals surface area contributed by atoms with Gasteiger partial charge in [-0.3, -0.25) is 0 Å². The Morgan fingerprint density at radius 3 is 1.96 bits per heavy atom. The second-order valence-electron chi connectivity index (χ2n) is 12.7. The number of nitrogens with zero attached hydrogens (tertiary/aromatic N) is 1. The molecule has 0 radical (unpaired) electrons.